The lowest BCUT2D eigenvalue weighted by Crippen LogP contribution is -1.99. The number of nitrogens with zero attached hydrogens (tertiary/aromatic N) is 2. The standard InChI is InChI=1S/C11H14BrN3/c1-7(2)11-14-10(12)9-5-8(6-13)3-4-15(9)11/h3-5,7H,6,13H2,1-2H3. The quantitative estimate of drug-likeness (QED) is 0.909. The second kappa shape index (κ2) is 3.94. The molecule has 2 N–H and O–H groups in total. The molecule has 0 fully saturated rings. The fourth-order valence-electron chi connectivity index (χ4n) is 1.65. The van der Waals surface area contributed by atoms with Gasteiger partial charge in [-0.3, -0.25) is 0 Å². The molecule has 0 aliphatic rings. The minimum Gasteiger partial charge on any atom is -0.326 e. The minimum absolute atomic E-state index is 0.410. The smallest absolute Gasteiger partial charge is 0.132 e. The lowest BCUT2D eigenvalue weighted by Gasteiger charge is -2.04. The van der Waals surface area contributed by atoms with E-state index in [2.05, 4.69) is 45.2 Å². The van der Waals surface area contributed by atoms with Gasteiger partial charge in [0.2, 0.25) is 0 Å². The average molecular weight is 268 g/mol. The van der Waals surface area contributed by atoms with Crippen molar-refractivity contribution in [3.63, 3.8) is 0 Å². The highest BCUT2D eigenvalue weighted by molar-refractivity contribution is 9.10. The van der Waals surface area contributed by atoms with Crippen LogP contribution in [0.1, 0.15) is 31.2 Å². The Labute approximate surface area is 97.4 Å². The third-order valence-electron chi connectivity index (χ3n) is 2.44. The van der Waals surface area contributed by atoms with Crippen molar-refractivity contribution in [2.24, 2.45) is 5.73 Å². The number of halogens is 1. The van der Waals surface area contributed by atoms with Crippen LogP contribution in [0.5, 0.6) is 0 Å². The Kier molecular flexibility index (Phi) is 2.80. The number of hydrogen-bond acceptors (Lipinski definition) is 2. The third-order valence-corrected chi connectivity index (χ3v) is 3.03. The van der Waals surface area contributed by atoms with Gasteiger partial charge in [-0.2, -0.15) is 0 Å². The molecule has 2 rings (SSSR count). The van der Waals surface area contributed by atoms with Crippen molar-refractivity contribution in [1.29, 1.82) is 0 Å². The molecule has 3 nitrogen and oxygen atoms in total. The van der Waals surface area contributed by atoms with E-state index in [0.717, 1.165) is 21.5 Å². The Hall–Kier alpha value is -0.870. The van der Waals surface area contributed by atoms with Crippen LogP contribution in [-0.4, -0.2) is 9.38 Å². The highest BCUT2D eigenvalue weighted by Gasteiger charge is 2.11. The van der Waals surface area contributed by atoms with Crippen LogP contribution >= 0.6 is 15.9 Å². The van der Waals surface area contributed by atoms with Crippen molar-refractivity contribution in [2.45, 2.75) is 26.3 Å². The largest absolute Gasteiger partial charge is 0.326 e. The first-order valence-electron chi connectivity index (χ1n) is 5.00. The van der Waals surface area contributed by atoms with Crippen LogP contribution < -0.4 is 5.73 Å². The number of rotatable bonds is 2. The SMILES string of the molecule is CC(C)c1nc(Br)c2cc(CN)ccn12. The number of pyridine rings is 1. The lowest BCUT2D eigenvalue weighted by molar-refractivity contribution is 0.768. The zero-order valence-electron chi connectivity index (χ0n) is 8.87. The van der Waals surface area contributed by atoms with Crippen molar-refractivity contribution < 1.29 is 0 Å². The molecule has 0 saturated heterocycles. The summed E-state index contributed by atoms with van der Waals surface area (Å²) in [6.07, 6.45) is 2.03. The molecule has 0 aliphatic carbocycles. The maximum atomic E-state index is 5.61. The number of nitrogens with two attached hydrogens (primary N) is 1. The predicted octanol–water partition coefficient (Wildman–Crippen LogP) is 2.68. The second-order valence-corrected chi connectivity index (χ2v) is 4.66. The number of hydrogen-bond donors (Lipinski definition) is 1. The van der Waals surface area contributed by atoms with Crippen LogP contribution in [0.25, 0.3) is 5.52 Å². The Balaban J connectivity index is 2.69. The molecule has 0 unspecified atom stereocenters. The predicted molar refractivity (Wildman–Crippen MR) is 64.9 cm³/mol. The molecule has 0 amide bonds. The van der Waals surface area contributed by atoms with Crippen molar-refractivity contribution in [3.8, 4) is 0 Å². The van der Waals surface area contributed by atoms with E-state index in [1.165, 1.54) is 0 Å². The van der Waals surface area contributed by atoms with Gasteiger partial charge < -0.3 is 10.1 Å². The van der Waals surface area contributed by atoms with Crippen LogP contribution in [-0.2, 0) is 6.54 Å². The van der Waals surface area contributed by atoms with Gasteiger partial charge in [-0.25, -0.2) is 4.98 Å². The van der Waals surface area contributed by atoms with Gasteiger partial charge in [-0.1, -0.05) is 13.8 Å². The fourth-order valence-corrected chi connectivity index (χ4v) is 2.14. The van der Waals surface area contributed by atoms with Crippen LogP contribution in [0.4, 0.5) is 0 Å². The normalized spacial score (nSPS) is 11.5. The van der Waals surface area contributed by atoms with Crippen molar-refractivity contribution in [2.75, 3.05) is 0 Å². The van der Waals surface area contributed by atoms with E-state index in [9.17, 15) is 0 Å². The van der Waals surface area contributed by atoms with E-state index < -0.39 is 0 Å². The maximum absolute atomic E-state index is 5.61. The van der Waals surface area contributed by atoms with Gasteiger partial charge in [0.1, 0.15) is 10.4 Å². The Morgan fingerprint density at radius 2 is 2.27 bits per heavy atom. The molecule has 0 radical (unpaired) electrons. The van der Waals surface area contributed by atoms with Gasteiger partial charge in [0.15, 0.2) is 0 Å². The van der Waals surface area contributed by atoms with Crippen LogP contribution in [0, 0.1) is 0 Å². The van der Waals surface area contributed by atoms with Gasteiger partial charge in [0.05, 0.1) is 5.52 Å². The summed E-state index contributed by atoms with van der Waals surface area (Å²) in [7, 11) is 0. The van der Waals surface area contributed by atoms with Crippen molar-refractivity contribution >= 4 is 21.4 Å². The summed E-state index contributed by atoms with van der Waals surface area (Å²) >= 11 is 3.48. The molecule has 0 spiro atoms. The van der Waals surface area contributed by atoms with Gasteiger partial charge in [0.25, 0.3) is 0 Å². The molecule has 0 saturated carbocycles. The minimum atomic E-state index is 0.410. The average Bonchev–Trinajstić information content (AvgIpc) is 2.56. The first-order valence-corrected chi connectivity index (χ1v) is 5.79. The van der Waals surface area contributed by atoms with Gasteiger partial charge in [-0.15, -0.1) is 0 Å². The fraction of sp³-hybridized carbons (Fsp3) is 0.364. The first kappa shape index (κ1) is 10.6. The molecule has 0 atom stereocenters. The summed E-state index contributed by atoms with van der Waals surface area (Å²) in [4.78, 5) is 4.50. The molecular weight excluding hydrogens is 254 g/mol. The zero-order valence-corrected chi connectivity index (χ0v) is 10.5. The van der Waals surface area contributed by atoms with Gasteiger partial charge in [-0.05, 0) is 33.6 Å². The molecular formula is C11H14BrN3. The molecule has 2 heterocycles. The summed E-state index contributed by atoms with van der Waals surface area (Å²) in [5, 5.41) is 0. The summed E-state index contributed by atoms with van der Waals surface area (Å²) in [5.74, 6) is 1.48. The monoisotopic (exact) mass is 267 g/mol. The summed E-state index contributed by atoms with van der Waals surface area (Å²) in [6.45, 7) is 4.83. The molecule has 0 aromatic carbocycles. The molecule has 0 aliphatic heterocycles. The molecule has 4 heteroatoms. The zero-order chi connectivity index (χ0) is 11.0. The highest BCUT2D eigenvalue weighted by atomic mass is 79.9. The molecule has 15 heavy (non-hydrogen) atoms. The third kappa shape index (κ3) is 1.79. The van der Waals surface area contributed by atoms with E-state index in [0.29, 0.717) is 12.5 Å². The molecule has 0 bridgehead atoms. The Morgan fingerprint density at radius 1 is 1.53 bits per heavy atom. The van der Waals surface area contributed by atoms with Crippen LogP contribution in [0.2, 0.25) is 0 Å². The van der Waals surface area contributed by atoms with E-state index in [1.54, 1.807) is 0 Å². The van der Waals surface area contributed by atoms with Gasteiger partial charge >= 0.3 is 0 Å². The van der Waals surface area contributed by atoms with Crippen molar-refractivity contribution in [1.82, 2.24) is 9.38 Å². The summed E-state index contributed by atoms with van der Waals surface area (Å²) in [6, 6.07) is 4.11. The molecule has 2 aromatic heterocycles. The summed E-state index contributed by atoms with van der Waals surface area (Å²) in [5.41, 5.74) is 7.82. The number of fused-ring (bicyclic) bond motifs is 1. The second-order valence-electron chi connectivity index (χ2n) is 3.91. The first-order chi connectivity index (χ1) is 7.13. The lowest BCUT2D eigenvalue weighted by atomic mass is 10.2. The van der Waals surface area contributed by atoms with E-state index in [4.69, 9.17) is 5.73 Å². The molecule has 80 valence electrons. The number of aromatic nitrogens is 2. The maximum Gasteiger partial charge on any atom is 0.132 e. The van der Waals surface area contributed by atoms with Crippen LogP contribution in [0.15, 0.2) is 22.9 Å². The van der Waals surface area contributed by atoms with Crippen molar-refractivity contribution in [3.05, 3.63) is 34.3 Å². The van der Waals surface area contributed by atoms with Crippen LogP contribution in [0.3, 0.4) is 0 Å². The topological polar surface area (TPSA) is 43.3 Å². The Morgan fingerprint density at radius 3 is 2.87 bits per heavy atom. The van der Waals surface area contributed by atoms with E-state index in [-0.39, 0.29) is 0 Å². The summed E-state index contributed by atoms with van der Waals surface area (Å²) < 4.78 is 3.00. The number of imidazole rings is 1. The van der Waals surface area contributed by atoms with E-state index >= 15 is 0 Å². The van der Waals surface area contributed by atoms with E-state index in [1.807, 2.05) is 12.3 Å². The molecule has 2 aromatic rings. The Bertz CT molecular complexity index is 488. The highest BCUT2D eigenvalue weighted by Crippen LogP contribution is 2.24. The van der Waals surface area contributed by atoms with Gasteiger partial charge in [0, 0.05) is 18.7 Å².